The average molecular weight is 209 g/mol. The molecule has 15 heavy (non-hydrogen) atoms. The number of anilines is 1. The summed E-state index contributed by atoms with van der Waals surface area (Å²) in [6.07, 6.45) is 7.01. The van der Waals surface area contributed by atoms with Gasteiger partial charge in [-0.05, 0) is 19.3 Å². The molecule has 0 saturated carbocycles. The van der Waals surface area contributed by atoms with Crippen LogP contribution in [0, 0.1) is 0 Å². The fraction of sp³-hybridized carbons (Fsp3) is 0.600. The minimum atomic E-state index is -0.0108. The van der Waals surface area contributed by atoms with E-state index in [0.717, 1.165) is 25.9 Å². The largest absolute Gasteiger partial charge is 0.378 e. The summed E-state index contributed by atoms with van der Waals surface area (Å²) in [7, 11) is 0. The fourth-order valence-corrected chi connectivity index (χ4v) is 1.71. The topological polar surface area (TPSA) is 67.0 Å². The highest BCUT2D eigenvalue weighted by Gasteiger charge is 2.17. The number of aromatic amines is 1. The molecule has 0 aliphatic carbocycles. The molecule has 0 radical (unpaired) electrons. The van der Waals surface area contributed by atoms with Crippen LogP contribution in [0.25, 0.3) is 0 Å². The minimum Gasteiger partial charge on any atom is -0.378 e. The fourth-order valence-electron chi connectivity index (χ4n) is 1.71. The molecule has 5 heteroatoms. The van der Waals surface area contributed by atoms with Gasteiger partial charge in [0.25, 0.3) is 0 Å². The van der Waals surface area contributed by atoms with Crippen molar-refractivity contribution in [3.05, 3.63) is 12.4 Å². The Bertz CT molecular complexity index is 304. The molecule has 5 nitrogen and oxygen atoms in total. The van der Waals surface area contributed by atoms with E-state index in [0.29, 0.717) is 12.1 Å². The predicted octanol–water partition coefficient (Wildman–Crippen LogP) is 1.31. The van der Waals surface area contributed by atoms with Crippen LogP contribution in [0.15, 0.2) is 12.4 Å². The van der Waals surface area contributed by atoms with Gasteiger partial charge in [-0.1, -0.05) is 0 Å². The van der Waals surface area contributed by atoms with E-state index in [4.69, 9.17) is 4.74 Å². The first-order chi connectivity index (χ1) is 7.34. The van der Waals surface area contributed by atoms with Crippen molar-refractivity contribution in [2.45, 2.75) is 31.8 Å². The highest BCUT2D eigenvalue weighted by Crippen LogP contribution is 2.16. The van der Waals surface area contributed by atoms with Gasteiger partial charge in [-0.2, -0.15) is 5.10 Å². The molecule has 0 aromatic carbocycles. The number of hydrogen-bond donors (Lipinski definition) is 2. The summed E-state index contributed by atoms with van der Waals surface area (Å²) in [5.41, 5.74) is 0.704. The number of hydrogen-bond acceptors (Lipinski definition) is 3. The number of nitrogens with one attached hydrogen (secondary N) is 2. The van der Waals surface area contributed by atoms with Gasteiger partial charge in [0.2, 0.25) is 5.91 Å². The zero-order valence-corrected chi connectivity index (χ0v) is 8.53. The smallest absolute Gasteiger partial charge is 0.227 e. The van der Waals surface area contributed by atoms with Crippen LogP contribution in [-0.4, -0.2) is 28.8 Å². The van der Waals surface area contributed by atoms with Crippen molar-refractivity contribution in [3.8, 4) is 0 Å². The Morgan fingerprint density at radius 3 is 3.27 bits per heavy atom. The lowest BCUT2D eigenvalue weighted by Gasteiger charge is -2.21. The number of carbonyl (C=O) groups excluding carboxylic acids is 1. The zero-order chi connectivity index (χ0) is 10.5. The van der Waals surface area contributed by atoms with E-state index in [-0.39, 0.29) is 12.0 Å². The third kappa shape index (κ3) is 3.06. The monoisotopic (exact) mass is 209 g/mol. The molecule has 82 valence electrons. The van der Waals surface area contributed by atoms with Gasteiger partial charge in [0.15, 0.2) is 0 Å². The zero-order valence-electron chi connectivity index (χ0n) is 8.53. The Labute approximate surface area is 88.2 Å². The van der Waals surface area contributed by atoms with Gasteiger partial charge >= 0.3 is 0 Å². The van der Waals surface area contributed by atoms with Crippen LogP contribution in [0.1, 0.15) is 25.7 Å². The Morgan fingerprint density at radius 2 is 2.60 bits per heavy atom. The molecule has 1 aliphatic rings. The lowest BCUT2D eigenvalue weighted by atomic mass is 10.1. The molecule has 2 N–H and O–H groups in total. The molecule has 1 fully saturated rings. The number of amides is 1. The number of aromatic nitrogens is 2. The van der Waals surface area contributed by atoms with Crippen molar-refractivity contribution in [3.63, 3.8) is 0 Å². The van der Waals surface area contributed by atoms with E-state index >= 15 is 0 Å². The highest BCUT2D eigenvalue weighted by molar-refractivity contribution is 5.90. The molecule has 1 aromatic heterocycles. The lowest BCUT2D eigenvalue weighted by molar-refractivity contribution is -0.119. The highest BCUT2D eigenvalue weighted by atomic mass is 16.5. The standard InChI is InChI=1S/C10H15N3O2/c14-10(13-8-6-11-12-7-8)5-9-3-1-2-4-15-9/h6-7,9H,1-5H2,(H,11,12)(H,13,14). The van der Waals surface area contributed by atoms with Gasteiger partial charge in [-0.3, -0.25) is 9.89 Å². The van der Waals surface area contributed by atoms with Crippen LogP contribution in [0.2, 0.25) is 0 Å². The summed E-state index contributed by atoms with van der Waals surface area (Å²) in [5, 5.41) is 9.15. The van der Waals surface area contributed by atoms with Crippen molar-refractivity contribution >= 4 is 11.6 Å². The summed E-state index contributed by atoms with van der Waals surface area (Å²) in [5.74, 6) is -0.0108. The number of carbonyl (C=O) groups is 1. The van der Waals surface area contributed by atoms with E-state index in [1.165, 1.54) is 0 Å². The summed E-state index contributed by atoms with van der Waals surface area (Å²) >= 11 is 0. The van der Waals surface area contributed by atoms with E-state index in [1.807, 2.05) is 0 Å². The van der Waals surface area contributed by atoms with E-state index in [1.54, 1.807) is 12.4 Å². The van der Waals surface area contributed by atoms with Crippen LogP contribution in [0.4, 0.5) is 5.69 Å². The van der Waals surface area contributed by atoms with E-state index < -0.39 is 0 Å². The molecular formula is C10H15N3O2. The third-order valence-electron chi connectivity index (χ3n) is 2.47. The maximum atomic E-state index is 11.5. The molecule has 0 bridgehead atoms. The molecule has 2 heterocycles. The number of H-pyrrole nitrogens is 1. The van der Waals surface area contributed by atoms with Gasteiger partial charge in [0, 0.05) is 12.8 Å². The van der Waals surface area contributed by atoms with Crippen LogP contribution >= 0.6 is 0 Å². The lowest BCUT2D eigenvalue weighted by Crippen LogP contribution is -2.25. The summed E-state index contributed by atoms with van der Waals surface area (Å²) in [6, 6.07) is 0. The molecule has 1 amide bonds. The maximum Gasteiger partial charge on any atom is 0.227 e. The number of rotatable bonds is 3. The molecule has 1 aromatic rings. The summed E-state index contributed by atoms with van der Waals surface area (Å²) in [6.45, 7) is 0.781. The first kappa shape index (κ1) is 10.2. The molecule has 0 spiro atoms. The molecule has 2 rings (SSSR count). The summed E-state index contributed by atoms with van der Waals surface area (Å²) in [4.78, 5) is 11.5. The molecule has 1 atom stereocenters. The van der Waals surface area contributed by atoms with Crippen molar-refractivity contribution < 1.29 is 9.53 Å². The maximum absolute atomic E-state index is 11.5. The van der Waals surface area contributed by atoms with Gasteiger partial charge in [0.1, 0.15) is 0 Å². The Kier molecular flexibility index (Phi) is 3.34. The van der Waals surface area contributed by atoms with Crippen LogP contribution in [0.3, 0.4) is 0 Å². The molecule has 1 aliphatic heterocycles. The third-order valence-corrected chi connectivity index (χ3v) is 2.47. The Balaban J connectivity index is 1.76. The molecular weight excluding hydrogens is 194 g/mol. The first-order valence-corrected chi connectivity index (χ1v) is 5.25. The van der Waals surface area contributed by atoms with Crippen molar-refractivity contribution in [1.82, 2.24) is 10.2 Å². The second-order valence-corrected chi connectivity index (χ2v) is 3.73. The second-order valence-electron chi connectivity index (χ2n) is 3.73. The van der Waals surface area contributed by atoms with E-state index in [2.05, 4.69) is 15.5 Å². The van der Waals surface area contributed by atoms with Crippen LogP contribution < -0.4 is 5.32 Å². The molecule has 1 saturated heterocycles. The molecule has 1 unspecified atom stereocenters. The number of ether oxygens (including phenoxy) is 1. The van der Waals surface area contributed by atoms with Gasteiger partial charge in [0.05, 0.1) is 24.4 Å². The Morgan fingerprint density at radius 1 is 1.67 bits per heavy atom. The van der Waals surface area contributed by atoms with Crippen molar-refractivity contribution in [2.75, 3.05) is 11.9 Å². The van der Waals surface area contributed by atoms with Crippen LogP contribution in [0.5, 0.6) is 0 Å². The van der Waals surface area contributed by atoms with Gasteiger partial charge < -0.3 is 10.1 Å². The normalized spacial score (nSPS) is 21.2. The van der Waals surface area contributed by atoms with E-state index in [9.17, 15) is 4.79 Å². The van der Waals surface area contributed by atoms with Crippen molar-refractivity contribution in [1.29, 1.82) is 0 Å². The second kappa shape index (κ2) is 4.93. The average Bonchev–Trinajstić information content (AvgIpc) is 2.71. The van der Waals surface area contributed by atoms with Crippen molar-refractivity contribution in [2.24, 2.45) is 0 Å². The minimum absolute atomic E-state index is 0.0108. The predicted molar refractivity (Wildman–Crippen MR) is 55.4 cm³/mol. The SMILES string of the molecule is O=C(CC1CCCCO1)Nc1cn[nH]c1. The quantitative estimate of drug-likeness (QED) is 0.788. The van der Waals surface area contributed by atoms with Crippen LogP contribution in [-0.2, 0) is 9.53 Å². The van der Waals surface area contributed by atoms with Gasteiger partial charge in [-0.25, -0.2) is 0 Å². The first-order valence-electron chi connectivity index (χ1n) is 5.25. The van der Waals surface area contributed by atoms with Gasteiger partial charge in [-0.15, -0.1) is 0 Å². The number of nitrogens with zero attached hydrogens (tertiary/aromatic N) is 1. The Hall–Kier alpha value is -1.36. The summed E-state index contributed by atoms with van der Waals surface area (Å²) < 4.78 is 5.48.